The van der Waals surface area contributed by atoms with Crippen molar-refractivity contribution in [3.05, 3.63) is 167 Å². The number of rotatable bonds is 13. The van der Waals surface area contributed by atoms with Crippen molar-refractivity contribution >= 4 is 62.9 Å². The second-order valence-electron chi connectivity index (χ2n) is 11.5. The minimum absolute atomic E-state index is 0.0113. The number of carbonyl (C=O) groups excluding carboxylic acids is 3. The molecule has 3 amide bonds. The lowest BCUT2D eigenvalue weighted by molar-refractivity contribution is -0.116. The Morgan fingerprint density at radius 2 is 1.45 bits per heavy atom. The second kappa shape index (κ2) is 17.5. The molecule has 9 nitrogen and oxygen atoms in total. The van der Waals surface area contributed by atoms with Gasteiger partial charge in [0.05, 0.1) is 19.9 Å². The first-order chi connectivity index (χ1) is 25.8. The predicted octanol–water partition coefficient (Wildman–Crippen LogP) is 9.61. The Morgan fingerprint density at radius 3 is 2.13 bits per heavy atom. The standard InChI is InChI=1S/C42H34BrN3O6S/c1-50-32-19-24-38(51-2)35(25-32)45-42(49)39(28-9-5-3-6-10-28)53-34-21-17-31(18-22-34)44-41(48)36(46-40(47)29-11-7-4-8-12-29)26-33-20-23-37(52-33)27-13-15-30(43)16-14-27/h3-26,39H,1-2H3,(H,44,48)(H,45,49)(H,46,47)/b36-26-. The van der Waals surface area contributed by atoms with Crippen molar-refractivity contribution in [2.24, 2.45) is 0 Å². The van der Waals surface area contributed by atoms with Crippen LogP contribution in [0.4, 0.5) is 11.4 Å². The number of methoxy groups -OCH3 is 2. The Bertz CT molecular complexity index is 2220. The van der Waals surface area contributed by atoms with Gasteiger partial charge in [0, 0.05) is 38.3 Å². The van der Waals surface area contributed by atoms with Crippen molar-refractivity contribution in [2.45, 2.75) is 10.1 Å². The Morgan fingerprint density at radius 1 is 0.755 bits per heavy atom. The molecular weight excluding hydrogens is 754 g/mol. The number of ether oxygens (including phenoxy) is 2. The molecule has 0 saturated heterocycles. The van der Waals surface area contributed by atoms with E-state index in [1.54, 1.807) is 79.9 Å². The molecule has 1 aromatic heterocycles. The number of hydrogen-bond donors (Lipinski definition) is 3. The Balaban J connectivity index is 1.21. The average Bonchev–Trinajstić information content (AvgIpc) is 3.66. The second-order valence-corrected chi connectivity index (χ2v) is 13.6. The van der Waals surface area contributed by atoms with Gasteiger partial charge in [0.15, 0.2) is 0 Å². The van der Waals surface area contributed by atoms with Gasteiger partial charge in [-0.2, -0.15) is 0 Å². The normalized spacial score (nSPS) is 11.6. The molecule has 1 atom stereocenters. The highest BCUT2D eigenvalue weighted by Crippen LogP contribution is 2.38. The van der Waals surface area contributed by atoms with Gasteiger partial charge in [0.2, 0.25) is 5.91 Å². The highest BCUT2D eigenvalue weighted by atomic mass is 79.9. The van der Waals surface area contributed by atoms with Gasteiger partial charge in [-0.25, -0.2) is 0 Å². The SMILES string of the molecule is COc1ccc(OC)c(NC(=O)C(Sc2ccc(NC(=O)/C(=C/c3ccc(-c4ccc(Br)cc4)o3)NC(=O)c3ccccc3)cc2)c2ccccc2)c1. The van der Waals surface area contributed by atoms with Crippen LogP contribution in [0, 0.1) is 0 Å². The molecular formula is C42H34BrN3O6S. The number of hydrogen-bond acceptors (Lipinski definition) is 7. The first-order valence-electron chi connectivity index (χ1n) is 16.4. The number of halogens is 1. The van der Waals surface area contributed by atoms with Crippen LogP contribution in [0.25, 0.3) is 17.4 Å². The van der Waals surface area contributed by atoms with Gasteiger partial charge in [0.1, 0.15) is 34.0 Å². The zero-order chi connectivity index (χ0) is 37.2. The van der Waals surface area contributed by atoms with Crippen LogP contribution in [0.15, 0.2) is 159 Å². The van der Waals surface area contributed by atoms with E-state index in [1.165, 1.54) is 24.9 Å². The number of benzene rings is 5. The van der Waals surface area contributed by atoms with Gasteiger partial charge in [-0.05, 0) is 78.4 Å². The van der Waals surface area contributed by atoms with E-state index in [4.69, 9.17) is 13.9 Å². The van der Waals surface area contributed by atoms with Crippen molar-refractivity contribution in [1.29, 1.82) is 0 Å². The maximum atomic E-state index is 13.8. The van der Waals surface area contributed by atoms with E-state index < -0.39 is 17.1 Å². The molecule has 0 aliphatic heterocycles. The van der Waals surface area contributed by atoms with E-state index in [2.05, 4.69) is 31.9 Å². The Kier molecular flexibility index (Phi) is 12.1. The van der Waals surface area contributed by atoms with Crippen LogP contribution in [0.3, 0.4) is 0 Å². The third-order valence-corrected chi connectivity index (χ3v) is 9.74. The van der Waals surface area contributed by atoms with Gasteiger partial charge in [-0.3, -0.25) is 14.4 Å². The Labute approximate surface area is 319 Å². The summed E-state index contributed by atoms with van der Waals surface area (Å²) in [6.07, 6.45) is 1.49. The molecule has 6 aromatic rings. The third kappa shape index (κ3) is 9.65. The average molecular weight is 789 g/mol. The summed E-state index contributed by atoms with van der Waals surface area (Å²) in [5, 5.41) is 7.99. The van der Waals surface area contributed by atoms with E-state index >= 15 is 0 Å². The van der Waals surface area contributed by atoms with Crippen LogP contribution in [-0.2, 0) is 9.59 Å². The lowest BCUT2D eigenvalue weighted by atomic mass is 10.1. The molecule has 53 heavy (non-hydrogen) atoms. The molecule has 266 valence electrons. The molecule has 0 aliphatic rings. The van der Waals surface area contributed by atoms with Crippen LogP contribution in [0.1, 0.15) is 26.9 Å². The van der Waals surface area contributed by atoms with Gasteiger partial charge >= 0.3 is 0 Å². The predicted molar refractivity (Wildman–Crippen MR) is 212 cm³/mol. The molecule has 0 fully saturated rings. The maximum Gasteiger partial charge on any atom is 0.272 e. The lowest BCUT2D eigenvalue weighted by Crippen LogP contribution is -2.30. The summed E-state index contributed by atoms with van der Waals surface area (Å²) in [7, 11) is 3.09. The minimum atomic E-state index is -0.620. The topological polar surface area (TPSA) is 119 Å². The smallest absolute Gasteiger partial charge is 0.272 e. The van der Waals surface area contributed by atoms with Crippen LogP contribution in [0.5, 0.6) is 11.5 Å². The van der Waals surface area contributed by atoms with E-state index in [0.29, 0.717) is 40.0 Å². The fourth-order valence-electron chi connectivity index (χ4n) is 5.25. The number of nitrogens with one attached hydrogen (secondary N) is 3. The number of carbonyl (C=O) groups is 3. The molecule has 6 rings (SSSR count). The molecule has 1 unspecified atom stereocenters. The summed E-state index contributed by atoms with van der Waals surface area (Å²) in [4.78, 5) is 41.4. The quantitative estimate of drug-likeness (QED) is 0.0788. The van der Waals surface area contributed by atoms with Crippen LogP contribution >= 0.6 is 27.7 Å². The van der Waals surface area contributed by atoms with Crippen LogP contribution in [0.2, 0.25) is 0 Å². The largest absolute Gasteiger partial charge is 0.497 e. The van der Waals surface area contributed by atoms with E-state index in [-0.39, 0.29) is 11.6 Å². The summed E-state index contributed by atoms with van der Waals surface area (Å²) in [6.45, 7) is 0. The summed E-state index contributed by atoms with van der Waals surface area (Å²) in [5.74, 6) is 0.813. The van der Waals surface area contributed by atoms with E-state index in [1.807, 2.05) is 66.7 Å². The molecule has 0 saturated carbocycles. The number of amides is 3. The molecule has 11 heteroatoms. The fourth-order valence-corrected chi connectivity index (χ4v) is 6.54. The molecule has 3 N–H and O–H groups in total. The summed E-state index contributed by atoms with van der Waals surface area (Å²) < 4.78 is 17.8. The molecule has 0 spiro atoms. The highest BCUT2D eigenvalue weighted by Gasteiger charge is 2.24. The van der Waals surface area contributed by atoms with Crippen molar-refractivity contribution < 1.29 is 28.3 Å². The zero-order valence-electron chi connectivity index (χ0n) is 28.7. The molecule has 0 radical (unpaired) electrons. The summed E-state index contributed by atoms with van der Waals surface area (Å²) in [5.41, 5.74) is 3.01. The molecule has 5 aromatic carbocycles. The number of thioether (sulfide) groups is 1. The minimum Gasteiger partial charge on any atom is -0.497 e. The Hall–Kier alpha value is -6.04. The molecule has 0 aliphatic carbocycles. The van der Waals surface area contributed by atoms with Gasteiger partial charge in [-0.1, -0.05) is 76.6 Å². The molecule has 1 heterocycles. The van der Waals surface area contributed by atoms with Gasteiger partial charge in [0.25, 0.3) is 11.8 Å². The first-order valence-corrected chi connectivity index (χ1v) is 18.1. The van der Waals surface area contributed by atoms with E-state index in [9.17, 15) is 14.4 Å². The van der Waals surface area contributed by atoms with E-state index in [0.717, 1.165) is 20.5 Å². The van der Waals surface area contributed by atoms with Crippen molar-refractivity contribution in [2.75, 3.05) is 24.9 Å². The van der Waals surface area contributed by atoms with Crippen molar-refractivity contribution in [1.82, 2.24) is 5.32 Å². The lowest BCUT2D eigenvalue weighted by Gasteiger charge is -2.19. The van der Waals surface area contributed by atoms with Crippen LogP contribution < -0.4 is 25.4 Å². The highest BCUT2D eigenvalue weighted by molar-refractivity contribution is 9.10. The summed E-state index contributed by atoms with van der Waals surface area (Å²) in [6, 6.07) is 41.6. The van der Waals surface area contributed by atoms with Crippen molar-refractivity contribution in [3.63, 3.8) is 0 Å². The third-order valence-electron chi connectivity index (χ3n) is 7.94. The van der Waals surface area contributed by atoms with Gasteiger partial charge < -0.3 is 29.8 Å². The number of anilines is 2. The van der Waals surface area contributed by atoms with Crippen LogP contribution in [-0.4, -0.2) is 31.9 Å². The van der Waals surface area contributed by atoms with Crippen molar-refractivity contribution in [3.8, 4) is 22.8 Å². The fraction of sp³-hybridized carbons (Fsp3) is 0.0714. The van der Waals surface area contributed by atoms with Gasteiger partial charge in [-0.15, -0.1) is 11.8 Å². The summed E-state index contributed by atoms with van der Waals surface area (Å²) >= 11 is 4.80. The number of furan rings is 1. The maximum absolute atomic E-state index is 13.8. The monoisotopic (exact) mass is 787 g/mol. The first kappa shape index (κ1) is 36.7. The molecule has 0 bridgehead atoms. The zero-order valence-corrected chi connectivity index (χ0v) is 31.1.